The molecule has 0 heterocycles. The van der Waals surface area contributed by atoms with E-state index in [0.29, 0.717) is 0 Å². The molecule has 0 fully saturated rings. The van der Waals surface area contributed by atoms with Crippen LogP contribution in [-0.2, 0) is 27.1 Å². The molecule has 0 amide bonds. The molecule has 1 aliphatic carbocycles. The van der Waals surface area contributed by atoms with Crippen molar-refractivity contribution in [1.82, 2.24) is 0 Å². The second-order valence-corrected chi connectivity index (χ2v) is 6.12. The third-order valence-electron chi connectivity index (χ3n) is 4.75. The zero-order chi connectivity index (χ0) is 15.4. The third kappa shape index (κ3) is 5.50. The Morgan fingerprint density at radius 3 is 1.73 bits per heavy atom. The minimum atomic E-state index is -0.0764. The van der Waals surface area contributed by atoms with E-state index < -0.39 is 0 Å². The molecule has 0 atom stereocenters. The van der Waals surface area contributed by atoms with Gasteiger partial charge in [-0.2, -0.15) is 11.6 Å². The number of allylic oxidation sites excluding steroid dienone is 4. The Kier molecular flexibility index (Phi) is 13.7. The molecule has 0 saturated heterocycles. The average Bonchev–Trinajstić information content (AvgIpc) is 3.05. The van der Waals surface area contributed by atoms with E-state index in [4.69, 9.17) is 0 Å². The zero-order valence-electron chi connectivity index (χ0n) is 15.1. The molecule has 0 radical (unpaired) electrons. The van der Waals surface area contributed by atoms with Gasteiger partial charge >= 0.3 is 21.7 Å². The van der Waals surface area contributed by atoms with Crippen LogP contribution in [0.1, 0.15) is 44.2 Å². The molecule has 0 unspecified atom stereocenters. The fraction of sp³-hybridized carbons (Fsp3) is 0.273. The summed E-state index contributed by atoms with van der Waals surface area (Å²) in [5.74, 6) is 0. The maximum Gasteiger partial charge on any atom is 4.00 e. The van der Waals surface area contributed by atoms with Crippen LogP contribution >= 0.6 is 0 Å². The van der Waals surface area contributed by atoms with E-state index >= 15 is 0 Å². The van der Waals surface area contributed by atoms with Gasteiger partial charge in [0.15, 0.2) is 0 Å². The summed E-state index contributed by atoms with van der Waals surface area (Å²) < 4.78 is 0. The van der Waals surface area contributed by atoms with Gasteiger partial charge in [-0.1, -0.05) is 105 Å². The Morgan fingerprint density at radius 1 is 0.846 bits per heavy atom. The summed E-state index contributed by atoms with van der Waals surface area (Å²) >= 11 is 0. The van der Waals surface area contributed by atoms with Crippen LogP contribution in [0.5, 0.6) is 0 Å². The van der Waals surface area contributed by atoms with Gasteiger partial charge in [-0.25, -0.2) is 5.57 Å². The van der Waals surface area contributed by atoms with E-state index in [1.807, 2.05) is 0 Å². The third-order valence-corrected chi connectivity index (χ3v) is 4.75. The fourth-order valence-electron chi connectivity index (χ4n) is 3.52. The number of hydrogen-bond acceptors (Lipinski definition) is 0. The molecule has 0 spiro atoms. The van der Waals surface area contributed by atoms with Crippen molar-refractivity contribution in [2.45, 2.75) is 38.5 Å². The van der Waals surface area contributed by atoms with Crippen LogP contribution in [0.3, 0.4) is 0 Å². The van der Waals surface area contributed by atoms with Gasteiger partial charge in [-0.15, -0.1) is 0 Å². The number of halogens is 3. The first-order valence-electron chi connectivity index (χ1n) is 8.18. The minimum Gasteiger partial charge on any atom is -1.00 e. The average molecular weight is 442 g/mol. The summed E-state index contributed by atoms with van der Waals surface area (Å²) in [5, 5.41) is 0. The molecule has 2 aromatic rings. The zero-order valence-corrected chi connectivity index (χ0v) is 18.9. The van der Waals surface area contributed by atoms with E-state index in [0.717, 1.165) is 12.8 Å². The van der Waals surface area contributed by atoms with Crippen molar-refractivity contribution in [3.05, 3.63) is 95.1 Å². The first-order valence-corrected chi connectivity index (χ1v) is 8.18. The van der Waals surface area contributed by atoms with Gasteiger partial charge < -0.3 is 37.2 Å². The smallest absolute Gasteiger partial charge is 1.00 e. The Bertz CT molecular complexity index is 654. The normalized spacial score (nSPS) is 12.4. The van der Waals surface area contributed by atoms with Crippen molar-refractivity contribution >= 4 is 0 Å². The number of benzene rings is 2. The Balaban J connectivity index is 0. The second kappa shape index (κ2) is 12.8. The molecule has 3 rings (SSSR count). The summed E-state index contributed by atoms with van der Waals surface area (Å²) in [4.78, 5) is 0. The van der Waals surface area contributed by atoms with E-state index in [2.05, 4.69) is 86.7 Å². The van der Waals surface area contributed by atoms with Gasteiger partial charge in [-0.05, 0) is 5.41 Å². The van der Waals surface area contributed by atoms with E-state index in [1.165, 1.54) is 28.7 Å². The molecule has 0 nitrogen and oxygen atoms in total. The van der Waals surface area contributed by atoms with Crippen LogP contribution in [0.4, 0.5) is 0 Å². The molecule has 1 aliphatic rings. The molecule has 26 heavy (non-hydrogen) atoms. The summed E-state index contributed by atoms with van der Waals surface area (Å²) in [5.41, 5.74) is 5.56. The van der Waals surface area contributed by atoms with Crippen molar-refractivity contribution in [2.24, 2.45) is 0 Å². The van der Waals surface area contributed by atoms with Crippen molar-refractivity contribution in [1.29, 1.82) is 0 Å². The van der Waals surface area contributed by atoms with Crippen LogP contribution in [0.25, 0.3) is 0 Å². The van der Waals surface area contributed by atoms with Crippen LogP contribution in [-0.4, -0.2) is 0 Å². The van der Waals surface area contributed by atoms with Crippen LogP contribution in [0.2, 0.25) is 0 Å². The van der Waals surface area contributed by atoms with Gasteiger partial charge in [0.2, 0.25) is 0 Å². The van der Waals surface area contributed by atoms with Crippen molar-refractivity contribution in [3.8, 4) is 0 Å². The van der Waals surface area contributed by atoms with E-state index in [-0.39, 0.29) is 64.4 Å². The van der Waals surface area contributed by atoms with Crippen LogP contribution < -0.4 is 37.2 Å². The molecule has 0 aromatic heterocycles. The van der Waals surface area contributed by atoms with Crippen molar-refractivity contribution in [3.63, 3.8) is 0 Å². The Morgan fingerprint density at radius 2 is 1.31 bits per heavy atom. The van der Waals surface area contributed by atoms with Gasteiger partial charge in [0, 0.05) is 0 Å². The second-order valence-electron chi connectivity index (χ2n) is 6.12. The van der Waals surface area contributed by atoms with Crippen LogP contribution in [0.15, 0.2) is 77.9 Å². The fourth-order valence-corrected chi connectivity index (χ4v) is 3.52. The van der Waals surface area contributed by atoms with E-state index in [9.17, 15) is 0 Å². The maximum atomic E-state index is 3.51. The molecule has 0 saturated carbocycles. The Hall–Kier alpha value is -0.496. The van der Waals surface area contributed by atoms with E-state index in [1.54, 1.807) is 0 Å². The topological polar surface area (TPSA) is 0 Å². The van der Waals surface area contributed by atoms with Gasteiger partial charge in [0.1, 0.15) is 0 Å². The molecule has 4 heteroatoms. The van der Waals surface area contributed by atoms with Crippen LogP contribution in [0, 0.1) is 6.08 Å². The summed E-state index contributed by atoms with van der Waals surface area (Å²) in [6.45, 7) is 4.61. The van der Waals surface area contributed by atoms with Gasteiger partial charge in [0.05, 0.1) is 0 Å². The molecule has 0 N–H and O–H groups in total. The first-order chi connectivity index (χ1) is 10.8. The summed E-state index contributed by atoms with van der Waals surface area (Å²) in [6.07, 6.45) is 8.99. The SMILES string of the molecule is CCCC1=C(C(C)(c2ccccc2)c2ccccc2)CC=[C-]1.[Cl-].[Cl-].[Cl-].[Ti+4]. The molecule has 2 aromatic carbocycles. The molecular formula is C22H23Cl3Ti. The van der Waals surface area contributed by atoms with Gasteiger partial charge in [0.25, 0.3) is 0 Å². The number of rotatable bonds is 5. The van der Waals surface area contributed by atoms with Gasteiger partial charge in [-0.3, -0.25) is 6.08 Å². The largest absolute Gasteiger partial charge is 4.00 e. The predicted molar refractivity (Wildman–Crippen MR) is 93.7 cm³/mol. The summed E-state index contributed by atoms with van der Waals surface area (Å²) in [7, 11) is 0. The molecule has 0 aliphatic heterocycles. The Labute approximate surface area is 191 Å². The summed E-state index contributed by atoms with van der Waals surface area (Å²) in [6, 6.07) is 21.8. The van der Waals surface area contributed by atoms with Crippen molar-refractivity contribution < 1.29 is 58.9 Å². The van der Waals surface area contributed by atoms with Crippen molar-refractivity contribution in [2.75, 3.05) is 0 Å². The monoisotopic (exact) mass is 440 g/mol. The first kappa shape index (κ1) is 27.7. The molecule has 0 bridgehead atoms. The maximum absolute atomic E-state index is 3.51. The minimum absolute atomic E-state index is 0. The quantitative estimate of drug-likeness (QED) is 0.340. The predicted octanol–water partition coefficient (Wildman–Crippen LogP) is -3.14. The standard InChI is InChI=1S/C22H23.3ClH.Ti/c1-3-11-18-12-10-17-21(18)22(2,19-13-6-4-7-14-19)20-15-8-5-9-16-20;;;;/h4-10,13-16H,3,11,17H2,1-2H3;3*1H;/q-1;;;;+4/p-3. The number of hydrogen-bond donors (Lipinski definition) is 0. The molecule has 136 valence electrons. The molecular weight excluding hydrogens is 418 g/mol.